The van der Waals surface area contributed by atoms with Crippen molar-refractivity contribution in [3.05, 3.63) is 65.7 Å². The first-order valence-corrected chi connectivity index (χ1v) is 11.1. The number of nitrogens with one attached hydrogen (secondary N) is 3. The fraction of sp³-hybridized carbons (Fsp3) is 0.333. The van der Waals surface area contributed by atoms with Crippen molar-refractivity contribution in [2.45, 2.75) is 39.0 Å². The largest absolute Gasteiger partial charge is 0.484 e. The van der Waals surface area contributed by atoms with Gasteiger partial charge in [-0.3, -0.25) is 25.2 Å². The molecule has 0 aromatic heterocycles. The van der Waals surface area contributed by atoms with E-state index in [1.807, 2.05) is 55.5 Å². The maximum Gasteiger partial charge on any atom is 0.305 e. The summed E-state index contributed by atoms with van der Waals surface area (Å²) in [6.07, 6.45) is 2.17. The fourth-order valence-corrected chi connectivity index (χ4v) is 2.97. The van der Waals surface area contributed by atoms with E-state index in [2.05, 4.69) is 16.2 Å². The molecule has 0 spiro atoms. The van der Waals surface area contributed by atoms with Crippen molar-refractivity contribution in [1.29, 1.82) is 0 Å². The predicted octanol–water partition coefficient (Wildman–Crippen LogP) is 2.74. The molecule has 0 saturated carbocycles. The smallest absolute Gasteiger partial charge is 0.305 e. The Kier molecular flexibility index (Phi) is 11.4. The Morgan fingerprint density at radius 1 is 0.909 bits per heavy atom. The number of rotatable bonds is 11. The van der Waals surface area contributed by atoms with E-state index in [9.17, 15) is 14.4 Å². The van der Waals surface area contributed by atoms with Crippen LogP contribution in [-0.2, 0) is 25.5 Å². The lowest BCUT2D eigenvalue weighted by atomic mass is 10.1. The minimum atomic E-state index is -0.455. The highest BCUT2D eigenvalue weighted by atomic mass is 32.1. The average Bonchev–Trinajstić information content (AvgIpc) is 2.80. The molecule has 0 aliphatic carbocycles. The van der Waals surface area contributed by atoms with E-state index in [1.165, 1.54) is 5.56 Å². The van der Waals surface area contributed by atoms with Crippen molar-refractivity contribution >= 4 is 35.1 Å². The Bertz CT molecular complexity index is 937. The highest BCUT2D eigenvalue weighted by molar-refractivity contribution is 7.80. The fourth-order valence-electron chi connectivity index (χ4n) is 2.81. The molecule has 0 fully saturated rings. The van der Waals surface area contributed by atoms with E-state index in [4.69, 9.17) is 21.7 Å². The second kappa shape index (κ2) is 14.6. The quantitative estimate of drug-likeness (QED) is 0.200. The molecule has 33 heavy (non-hydrogen) atoms. The third-order valence-corrected chi connectivity index (χ3v) is 4.63. The van der Waals surface area contributed by atoms with Gasteiger partial charge in [0.15, 0.2) is 11.7 Å². The van der Waals surface area contributed by atoms with Crippen LogP contribution in [0.4, 0.5) is 0 Å². The second-order valence-corrected chi connectivity index (χ2v) is 7.73. The molecular formula is C24H29N3O5S. The summed E-state index contributed by atoms with van der Waals surface area (Å²) < 4.78 is 10.6. The molecule has 0 bridgehead atoms. The van der Waals surface area contributed by atoms with Crippen LogP contribution in [0.1, 0.15) is 36.8 Å². The third-order valence-electron chi connectivity index (χ3n) is 4.43. The Morgan fingerprint density at radius 3 is 2.45 bits per heavy atom. The first-order valence-electron chi connectivity index (χ1n) is 10.7. The monoisotopic (exact) mass is 471 g/mol. The molecule has 8 nitrogen and oxygen atoms in total. The van der Waals surface area contributed by atoms with E-state index >= 15 is 0 Å². The zero-order valence-corrected chi connectivity index (χ0v) is 19.4. The Hall–Kier alpha value is -3.46. The zero-order chi connectivity index (χ0) is 23.9. The summed E-state index contributed by atoms with van der Waals surface area (Å²) in [4.78, 5) is 35.5. The van der Waals surface area contributed by atoms with Gasteiger partial charge >= 0.3 is 5.97 Å². The van der Waals surface area contributed by atoms with Crippen LogP contribution in [0, 0.1) is 6.92 Å². The van der Waals surface area contributed by atoms with Gasteiger partial charge in [0, 0.05) is 12.8 Å². The summed E-state index contributed by atoms with van der Waals surface area (Å²) in [6, 6.07) is 17.3. The molecule has 2 aromatic carbocycles. The number of aryl methyl sites for hydroxylation is 2. The number of hydrazine groups is 1. The molecular weight excluding hydrogens is 442 g/mol. The Labute approximate surface area is 199 Å². The maximum atomic E-state index is 11.9. The number of carbonyl (C=O) groups excluding carboxylic acids is 3. The van der Waals surface area contributed by atoms with Crippen LogP contribution in [0.3, 0.4) is 0 Å². The molecule has 176 valence electrons. The lowest BCUT2D eigenvalue weighted by molar-refractivity contribution is -0.143. The molecule has 2 amide bonds. The summed E-state index contributed by atoms with van der Waals surface area (Å²) in [5.74, 6) is -0.578. The molecule has 9 heteroatoms. The number of ether oxygens (including phenoxy) is 2. The van der Waals surface area contributed by atoms with Crippen LogP contribution in [0.25, 0.3) is 0 Å². The van der Waals surface area contributed by atoms with Crippen LogP contribution in [0.2, 0.25) is 0 Å². The van der Waals surface area contributed by atoms with E-state index in [0.717, 1.165) is 18.4 Å². The van der Waals surface area contributed by atoms with Gasteiger partial charge in [0.1, 0.15) is 5.75 Å². The summed E-state index contributed by atoms with van der Waals surface area (Å²) in [5.41, 5.74) is 7.00. The van der Waals surface area contributed by atoms with Gasteiger partial charge in [-0.1, -0.05) is 42.5 Å². The number of thiocarbonyl (C=S) groups is 1. The van der Waals surface area contributed by atoms with Crippen LogP contribution in [-0.4, -0.2) is 36.1 Å². The molecule has 0 radical (unpaired) electrons. The molecule has 0 atom stereocenters. The Balaban J connectivity index is 1.49. The van der Waals surface area contributed by atoms with Crippen molar-refractivity contribution in [2.75, 3.05) is 13.2 Å². The predicted molar refractivity (Wildman–Crippen MR) is 128 cm³/mol. The summed E-state index contributed by atoms with van der Waals surface area (Å²) in [7, 11) is 0. The van der Waals surface area contributed by atoms with Gasteiger partial charge in [0.05, 0.1) is 6.61 Å². The minimum absolute atomic E-state index is 0.0487. The lowest BCUT2D eigenvalue weighted by Crippen LogP contribution is -2.49. The molecule has 2 rings (SSSR count). The minimum Gasteiger partial charge on any atom is -0.484 e. The van der Waals surface area contributed by atoms with Gasteiger partial charge in [0.2, 0.25) is 5.91 Å². The highest BCUT2D eigenvalue weighted by Gasteiger charge is 2.09. The van der Waals surface area contributed by atoms with Crippen molar-refractivity contribution < 1.29 is 23.9 Å². The van der Waals surface area contributed by atoms with E-state index in [0.29, 0.717) is 18.8 Å². The first kappa shape index (κ1) is 25.8. The second-order valence-electron chi connectivity index (χ2n) is 7.32. The lowest BCUT2D eigenvalue weighted by Gasteiger charge is -2.11. The maximum absolute atomic E-state index is 11.9. The normalized spacial score (nSPS) is 10.1. The van der Waals surface area contributed by atoms with Crippen LogP contribution < -0.4 is 20.9 Å². The van der Waals surface area contributed by atoms with Gasteiger partial charge in [-0.15, -0.1) is 0 Å². The van der Waals surface area contributed by atoms with Crippen molar-refractivity contribution in [1.82, 2.24) is 16.2 Å². The summed E-state index contributed by atoms with van der Waals surface area (Å²) >= 11 is 4.97. The topological polar surface area (TPSA) is 106 Å². The van der Waals surface area contributed by atoms with Crippen molar-refractivity contribution in [3.63, 3.8) is 0 Å². The van der Waals surface area contributed by atoms with Crippen LogP contribution in [0.5, 0.6) is 5.75 Å². The highest BCUT2D eigenvalue weighted by Crippen LogP contribution is 2.11. The van der Waals surface area contributed by atoms with Gasteiger partial charge in [-0.25, -0.2) is 0 Å². The number of esters is 1. The zero-order valence-electron chi connectivity index (χ0n) is 18.6. The molecule has 0 unspecified atom stereocenters. The molecule has 0 saturated heterocycles. The Morgan fingerprint density at radius 2 is 1.70 bits per heavy atom. The van der Waals surface area contributed by atoms with E-state index in [-0.39, 0.29) is 36.4 Å². The van der Waals surface area contributed by atoms with Crippen molar-refractivity contribution in [2.24, 2.45) is 0 Å². The average molecular weight is 472 g/mol. The van der Waals surface area contributed by atoms with Gasteiger partial charge in [-0.05, 0) is 61.7 Å². The summed E-state index contributed by atoms with van der Waals surface area (Å²) in [6.45, 7) is 2.06. The first-order chi connectivity index (χ1) is 15.9. The van der Waals surface area contributed by atoms with E-state index in [1.54, 1.807) is 6.07 Å². The number of hydrogen-bond donors (Lipinski definition) is 3. The third kappa shape index (κ3) is 11.6. The molecule has 2 aromatic rings. The molecule has 0 aliphatic heterocycles. The van der Waals surface area contributed by atoms with Gasteiger partial charge < -0.3 is 14.8 Å². The standard InChI is InChI=1S/C24H29N3O5S/c1-18-8-5-12-20(16-18)32-17-22(29)26-27-24(33)25-21(28)13-6-14-23(30)31-15-7-11-19-9-3-2-4-10-19/h2-5,8-10,12,16H,6-7,11,13-15,17H2,1H3,(H,26,29)(H2,25,27,28,33). The van der Waals surface area contributed by atoms with Crippen molar-refractivity contribution in [3.8, 4) is 5.75 Å². The van der Waals surface area contributed by atoms with Crippen LogP contribution >= 0.6 is 12.2 Å². The number of amides is 2. The SMILES string of the molecule is Cc1cccc(OCC(=O)NNC(=S)NC(=O)CCCC(=O)OCCCc2ccccc2)c1. The van der Waals surface area contributed by atoms with Crippen LogP contribution in [0.15, 0.2) is 54.6 Å². The number of benzene rings is 2. The molecule has 0 heterocycles. The van der Waals surface area contributed by atoms with Gasteiger partial charge in [-0.2, -0.15) is 0 Å². The van der Waals surface area contributed by atoms with Gasteiger partial charge in [0.25, 0.3) is 5.91 Å². The number of carbonyl (C=O) groups is 3. The number of hydrogen-bond acceptors (Lipinski definition) is 6. The molecule has 0 aliphatic rings. The summed E-state index contributed by atoms with van der Waals surface area (Å²) in [5, 5.41) is 2.39. The van der Waals surface area contributed by atoms with E-state index < -0.39 is 5.91 Å². The molecule has 3 N–H and O–H groups in total.